The number of rotatable bonds is 1. The van der Waals surface area contributed by atoms with Crippen molar-refractivity contribution in [2.75, 3.05) is 42.9 Å². The average Bonchev–Trinajstić information content (AvgIpc) is 2.49. The first-order valence-electron chi connectivity index (χ1n) is 7.35. The van der Waals surface area contributed by atoms with Gasteiger partial charge in [0.15, 0.2) is 0 Å². The van der Waals surface area contributed by atoms with Crippen molar-refractivity contribution >= 4 is 17.5 Å². The second kappa shape index (κ2) is 6.62. The number of fused-ring (bicyclic) bond motifs is 1. The van der Waals surface area contributed by atoms with Gasteiger partial charge in [0, 0.05) is 32.7 Å². The van der Waals surface area contributed by atoms with Gasteiger partial charge in [0.2, 0.25) is 0 Å². The van der Waals surface area contributed by atoms with Crippen LogP contribution in [0.15, 0.2) is 18.2 Å². The molecule has 2 aliphatic heterocycles. The molecule has 0 aromatic heterocycles. The quantitative estimate of drug-likeness (QED) is 0.812. The topological polar surface area (TPSA) is 27.3 Å². The van der Waals surface area contributed by atoms with E-state index >= 15 is 0 Å². The van der Waals surface area contributed by atoms with Crippen molar-refractivity contribution in [2.24, 2.45) is 0 Å². The first-order valence-corrected chi connectivity index (χ1v) is 7.35. The van der Waals surface area contributed by atoms with Crippen molar-refractivity contribution in [3.05, 3.63) is 29.3 Å². The van der Waals surface area contributed by atoms with Gasteiger partial charge in [0.05, 0.1) is 11.4 Å². The highest BCUT2D eigenvalue weighted by molar-refractivity contribution is 5.83. The molecule has 104 valence electrons. The number of aryl methyl sites for hydroxylation is 1. The molecule has 0 atom stereocenters. The lowest BCUT2D eigenvalue weighted by atomic mass is 10.0. The fraction of sp³-hybridized carbons (Fsp3) is 0.500. The SMILES string of the molecule is CC.Cc1cc2c(c(N3CCNCC3)c1)NCC=C2. The normalized spacial score (nSPS) is 17.1. The van der Waals surface area contributed by atoms with Crippen LogP contribution in [0.3, 0.4) is 0 Å². The zero-order chi connectivity index (χ0) is 13.7. The zero-order valence-electron chi connectivity index (χ0n) is 12.3. The van der Waals surface area contributed by atoms with E-state index in [1.807, 2.05) is 13.8 Å². The average molecular weight is 259 g/mol. The largest absolute Gasteiger partial charge is 0.379 e. The molecule has 3 rings (SSSR count). The summed E-state index contributed by atoms with van der Waals surface area (Å²) in [5, 5.41) is 6.91. The van der Waals surface area contributed by atoms with Crippen LogP contribution in [-0.4, -0.2) is 32.7 Å². The van der Waals surface area contributed by atoms with Gasteiger partial charge in [0.25, 0.3) is 0 Å². The summed E-state index contributed by atoms with van der Waals surface area (Å²) in [5.74, 6) is 0. The molecule has 2 N–H and O–H groups in total. The lowest BCUT2D eigenvalue weighted by molar-refractivity contribution is 0.589. The van der Waals surface area contributed by atoms with Crippen LogP contribution in [0.2, 0.25) is 0 Å². The van der Waals surface area contributed by atoms with Crippen molar-refractivity contribution < 1.29 is 0 Å². The van der Waals surface area contributed by atoms with Crippen molar-refractivity contribution in [2.45, 2.75) is 20.8 Å². The van der Waals surface area contributed by atoms with E-state index in [9.17, 15) is 0 Å². The third-order valence-corrected chi connectivity index (χ3v) is 3.44. The van der Waals surface area contributed by atoms with Crippen LogP contribution < -0.4 is 15.5 Å². The van der Waals surface area contributed by atoms with E-state index in [1.165, 1.54) is 22.5 Å². The molecule has 0 unspecified atom stereocenters. The van der Waals surface area contributed by atoms with Crippen LogP contribution in [0.4, 0.5) is 11.4 Å². The summed E-state index contributed by atoms with van der Waals surface area (Å²) in [6.07, 6.45) is 4.41. The molecular formula is C16H25N3. The highest BCUT2D eigenvalue weighted by Gasteiger charge is 2.17. The molecule has 0 radical (unpaired) electrons. The summed E-state index contributed by atoms with van der Waals surface area (Å²) in [5.41, 5.74) is 5.33. The molecule has 3 nitrogen and oxygen atoms in total. The predicted octanol–water partition coefficient (Wildman–Crippen LogP) is 2.87. The summed E-state index contributed by atoms with van der Waals surface area (Å²) in [6, 6.07) is 4.56. The maximum absolute atomic E-state index is 3.51. The number of benzene rings is 1. The number of nitrogens with one attached hydrogen (secondary N) is 2. The Kier molecular flexibility index (Phi) is 4.86. The van der Waals surface area contributed by atoms with E-state index < -0.39 is 0 Å². The van der Waals surface area contributed by atoms with E-state index in [0.717, 1.165) is 32.7 Å². The Balaban J connectivity index is 0.000000637. The van der Waals surface area contributed by atoms with Crippen molar-refractivity contribution in [1.82, 2.24) is 5.32 Å². The van der Waals surface area contributed by atoms with E-state index in [2.05, 4.69) is 46.7 Å². The number of hydrogen-bond donors (Lipinski definition) is 2. The first-order chi connectivity index (χ1) is 9.34. The van der Waals surface area contributed by atoms with Crippen molar-refractivity contribution in [1.29, 1.82) is 0 Å². The van der Waals surface area contributed by atoms with Crippen LogP contribution in [0.25, 0.3) is 6.08 Å². The Morgan fingerprint density at radius 1 is 1.11 bits per heavy atom. The van der Waals surface area contributed by atoms with Crippen LogP contribution >= 0.6 is 0 Å². The highest BCUT2D eigenvalue weighted by Crippen LogP contribution is 2.34. The van der Waals surface area contributed by atoms with E-state index in [-0.39, 0.29) is 0 Å². The van der Waals surface area contributed by atoms with Crippen LogP contribution in [0.1, 0.15) is 25.0 Å². The van der Waals surface area contributed by atoms with Gasteiger partial charge in [-0.15, -0.1) is 0 Å². The number of anilines is 2. The molecule has 0 amide bonds. The van der Waals surface area contributed by atoms with Gasteiger partial charge < -0.3 is 15.5 Å². The van der Waals surface area contributed by atoms with E-state index in [0.29, 0.717) is 0 Å². The standard InChI is InChI=1S/C14H19N3.C2H6/c1-11-9-12-3-2-4-16-14(12)13(10-11)17-7-5-15-6-8-17;1-2/h2-3,9-10,15-16H,4-8H2,1H3;1-2H3. The zero-order valence-corrected chi connectivity index (χ0v) is 12.3. The highest BCUT2D eigenvalue weighted by atomic mass is 15.2. The lowest BCUT2D eigenvalue weighted by Crippen LogP contribution is -2.43. The molecule has 1 saturated heterocycles. The number of nitrogens with zero attached hydrogens (tertiary/aromatic N) is 1. The van der Waals surface area contributed by atoms with Crippen LogP contribution in [0, 0.1) is 6.92 Å². The smallest absolute Gasteiger partial charge is 0.0654 e. The minimum Gasteiger partial charge on any atom is -0.379 e. The second-order valence-corrected chi connectivity index (χ2v) is 4.77. The molecule has 3 heteroatoms. The summed E-state index contributed by atoms with van der Waals surface area (Å²) in [4.78, 5) is 2.48. The molecule has 0 spiro atoms. The summed E-state index contributed by atoms with van der Waals surface area (Å²) in [7, 11) is 0. The van der Waals surface area contributed by atoms with Gasteiger partial charge in [-0.05, 0) is 30.2 Å². The first kappa shape index (κ1) is 13.9. The molecule has 0 aliphatic carbocycles. The molecule has 1 fully saturated rings. The van der Waals surface area contributed by atoms with Gasteiger partial charge >= 0.3 is 0 Å². The molecule has 0 saturated carbocycles. The third kappa shape index (κ3) is 3.10. The Hall–Kier alpha value is -1.48. The molecule has 2 aliphatic rings. The van der Waals surface area contributed by atoms with Crippen molar-refractivity contribution in [3.8, 4) is 0 Å². The van der Waals surface area contributed by atoms with Crippen LogP contribution in [-0.2, 0) is 0 Å². The van der Waals surface area contributed by atoms with Gasteiger partial charge in [-0.1, -0.05) is 26.0 Å². The molecular weight excluding hydrogens is 234 g/mol. The minimum absolute atomic E-state index is 0.940. The fourth-order valence-corrected chi connectivity index (χ4v) is 2.62. The second-order valence-electron chi connectivity index (χ2n) is 4.77. The van der Waals surface area contributed by atoms with Gasteiger partial charge in [-0.3, -0.25) is 0 Å². The number of hydrogen-bond acceptors (Lipinski definition) is 3. The van der Waals surface area contributed by atoms with E-state index in [4.69, 9.17) is 0 Å². The maximum Gasteiger partial charge on any atom is 0.0654 e. The van der Waals surface area contributed by atoms with Crippen molar-refractivity contribution in [3.63, 3.8) is 0 Å². The van der Waals surface area contributed by atoms with E-state index in [1.54, 1.807) is 0 Å². The minimum atomic E-state index is 0.940. The van der Waals surface area contributed by atoms with Gasteiger partial charge in [0.1, 0.15) is 0 Å². The Morgan fingerprint density at radius 3 is 2.58 bits per heavy atom. The summed E-state index contributed by atoms with van der Waals surface area (Å²) < 4.78 is 0. The Bertz CT molecular complexity index is 446. The summed E-state index contributed by atoms with van der Waals surface area (Å²) in [6.45, 7) is 11.5. The van der Waals surface area contributed by atoms with Gasteiger partial charge in [-0.2, -0.15) is 0 Å². The molecule has 2 heterocycles. The summed E-state index contributed by atoms with van der Waals surface area (Å²) >= 11 is 0. The van der Waals surface area contributed by atoms with Gasteiger partial charge in [-0.25, -0.2) is 0 Å². The molecule has 0 bridgehead atoms. The molecule has 19 heavy (non-hydrogen) atoms. The maximum atomic E-state index is 3.51. The Labute approximate surface area is 116 Å². The fourth-order valence-electron chi connectivity index (χ4n) is 2.62. The third-order valence-electron chi connectivity index (χ3n) is 3.44. The number of piperazine rings is 1. The lowest BCUT2D eigenvalue weighted by Gasteiger charge is -2.32. The molecule has 1 aromatic rings. The predicted molar refractivity (Wildman–Crippen MR) is 85.1 cm³/mol. The van der Waals surface area contributed by atoms with Crippen LogP contribution in [0.5, 0.6) is 0 Å². The molecule has 1 aromatic carbocycles. The Morgan fingerprint density at radius 2 is 1.84 bits per heavy atom. The monoisotopic (exact) mass is 259 g/mol.